The van der Waals surface area contributed by atoms with Gasteiger partial charge in [-0.1, -0.05) is 11.6 Å². The molecule has 18 heavy (non-hydrogen) atoms. The van der Waals surface area contributed by atoms with Gasteiger partial charge in [-0.15, -0.1) is 11.3 Å². The summed E-state index contributed by atoms with van der Waals surface area (Å²) in [4.78, 5) is 3.23. The van der Waals surface area contributed by atoms with E-state index in [2.05, 4.69) is 4.90 Å². The standard InChI is InChI=1S/C11H16ClNO3S2/c1-18(14,15)7-5-13-4-6-16-9(8-13)10-2-3-11(12)17-10/h2-3,9H,4-8H2,1H3/t9-/m0/s1. The Labute approximate surface area is 116 Å². The number of rotatable bonds is 4. The fraction of sp³-hybridized carbons (Fsp3) is 0.636. The van der Waals surface area contributed by atoms with Crippen LogP contribution in [0.4, 0.5) is 0 Å². The molecule has 0 saturated carbocycles. The molecule has 2 heterocycles. The van der Waals surface area contributed by atoms with Crippen LogP contribution in [0.25, 0.3) is 0 Å². The van der Waals surface area contributed by atoms with Crippen LogP contribution in [0.5, 0.6) is 0 Å². The Bertz CT molecular complexity index is 500. The maximum Gasteiger partial charge on any atom is 0.148 e. The SMILES string of the molecule is CS(=O)(=O)CCN1CCO[C@H](c2ccc(Cl)s2)C1. The number of thiophene rings is 1. The maximum atomic E-state index is 11.2. The van der Waals surface area contributed by atoms with Gasteiger partial charge in [-0.25, -0.2) is 8.42 Å². The van der Waals surface area contributed by atoms with Crippen LogP contribution >= 0.6 is 22.9 Å². The lowest BCUT2D eigenvalue weighted by atomic mass is 10.2. The maximum absolute atomic E-state index is 11.2. The summed E-state index contributed by atoms with van der Waals surface area (Å²) in [5.41, 5.74) is 0. The Balaban J connectivity index is 1.92. The van der Waals surface area contributed by atoms with Gasteiger partial charge in [0.15, 0.2) is 0 Å². The molecule has 0 N–H and O–H groups in total. The number of hydrogen-bond acceptors (Lipinski definition) is 5. The zero-order valence-corrected chi connectivity index (χ0v) is 12.5. The fourth-order valence-electron chi connectivity index (χ4n) is 1.87. The summed E-state index contributed by atoms with van der Waals surface area (Å²) in [6.45, 7) is 2.71. The van der Waals surface area contributed by atoms with Crippen LogP contribution in [-0.2, 0) is 14.6 Å². The lowest BCUT2D eigenvalue weighted by molar-refractivity contribution is -0.0260. The molecule has 7 heteroatoms. The van der Waals surface area contributed by atoms with Gasteiger partial charge in [0.25, 0.3) is 0 Å². The summed E-state index contributed by atoms with van der Waals surface area (Å²) in [5.74, 6) is 0.199. The Morgan fingerprint density at radius 1 is 1.56 bits per heavy atom. The number of hydrogen-bond donors (Lipinski definition) is 0. The Kier molecular flexibility index (Phi) is 4.66. The summed E-state index contributed by atoms with van der Waals surface area (Å²) in [6, 6.07) is 3.83. The molecule has 1 aromatic rings. The van der Waals surface area contributed by atoms with Gasteiger partial charge in [-0.05, 0) is 12.1 Å². The Morgan fingerprint density at radius 2 is 2.33 bits per heavy atom. The van der Waals surface area contributed by atoms with E-state index in [9.17, 15) is 8.42 Å². The summed E-state index contributed by atoms with van der Waals surface area (Å²) in [6.07, 6.45) is 1.28. The molecule has 1 atom stereocenters. The van der Waals surface area contributed by atoms with E-state index in [0.717, 1.165) is 22.3 Å². The lowest BCUT2D eigenvalue weighted by Crippen LogP contribution is -2.40. The van der Waals surface area contributed by atoms with Crippen molar-refractivity contribution in [1.82, 2.24) is 4.90 Å². The Morgan fingerprint density at radius 3 is 2.94 bits per heavy atom. The summed E-state index contributed by atoms with van der Waals surface area (Å²) >= 11 is 7.42. The fourth-order valence-corrected chi connectivity index (χ4v) is 3.57. The van der Waals surface area contributed by atoms with Gasteiger partial charge in [-0.2, -0.15) is 0 Å². The van der Waals surface area contributed by atoms with Gasteiger partial charge < -0.3 is 4.74 Å². The zero-order chi connectivity index (χ0) is 13.2. The van der Waals surface area contributed by atoms with Crippen LogP contribution in [0.3, 0.4) is 0 Å². The molecule has 1 fully saturated rings. The molecule has 0 aromatic carbocycles. The third-order valence-corrected chi connectivity index (χ3v) is 5.09. The number of ether oxygens (including phenoxy) is 1. The molecule has 1 aliphatic heterocycles. The molecular weight excluding hydrogens is 294 g/mol. The van der Waals surface area contributed by atoms with Crippen LogP contribution in [-0.4, -0.2) is 51.6 Å². The highest BCUT2D eigenvalue weighted by atomic mass is 35.5. The predicted molar refractivity (Wildman–Crippen MR) is 74.2 cm³/mol. The largest absolute Gasteiger partial charge is 0.370 e. The first-order chi connectivity index (χ1) is 8.44. The molecule has 4 nitrogen and oxygen atoms in total. The van der Waals surface area contributed by atoms with Gasteiger partial charge in [0.2, 0.25) is 0 Å². The molecule has 1 aliphatic rings. The molecule has 0 aliphatic carbocycles. The molecule has 0 unspecified atom stereocenters. The number of sulfone groups is 1. The quantitative estimate of drug-likeness (QED) is 0.851. The Hall–Kier alpha value is -0.140. The van der Waals surface area contributed by atoms with Crippen molar-refractivity contribution < 1.29 is 13.2 Å². The van der Waals surface area contributed by atoms with Crippen molar-refractivity contribution in [2.75, 3.05) is 38.2 Å². The van der Waals surface area contributed by atoms with Crippen LogP contribution in [0, 0.1) is 0 Å². The first-order valence-corrected chi connectivity index (χ1v) is 8.96. The van der Waals surface area contributed by atoms with Gasteiger partial charge in [0.1, 0.15) is 15.9 Å². The average molecular weight is 310 g/mol. The van der Waals surface area contributed by atoms with Crippen LogP contribution in [0.1, 0.15) is 11.0 Å². The topological polar surface area (TPSA) is 46.6 Å². The first kappa shape index (κ1) is 14.3. The molecule has 102 valence electrons. The minimum atomic E-state index is -2.90. The second-order valence-electron chi connectivity index (χ2n) is 4.43. The van der Waals surface area contributed by atoms with Gasteiger partial charge in [0.05, 0.1) is 16.7 Å². The van der Waals surface area contributed by atoms with E-state index in [1.54, 1.807) is 0 Å². The van der Waals surface area contributed by atoms with E-state index in [0.29, 0.717) is 13.2 Å². The minimum absolute atomic E-state index is 0.0100. The van der Waals surface area contributed by atoms with E-state index >= 15 is 0 Å². The molecule has 2 rings (SSSR count). The second-order valence-corrected chi connectivity index (χ2v) is 8.44. The number of morpholine rings is 1. The predicted octanol–water partition coefficient (Wildman–Crippen LogP) is 1.82. The molecular formula is C11H16ClNO3S2. The van der Waals surface area contributed by atoms with E-state index in [1.807, 2.05) is 12.1 Å². The lowest BCUT2D eigenvalue weighted by Gasteiger charge is -2.32. The highest BCUT2D eigenvalue weighted by Gasteiger charge is 2.23. The van der Waals surface area contributed by atoms with Gasteiger partial charge >= 0.3 is 0 Å². The summed E-state index contributed by atoms with van der Waals surface area (Å²) in [7, 11) is -2.90. The summed E-state index contributed by atoms with van der Waals surface area (Å²) in [5, 5.41) is 0. The van der Waals surface area contributed by atoms with Crippen LogP contribution in [0.2, 0.25) is 4.34 Å². The van der Waals surface area contributed by atoms with Crippen molar-refractivity contribution in [3.63, 3.8) is 0 Å². The van der Waals surface area contributed by atoms with E-state index in [4.69, 9.17) is 16.3 Å². The zero-order valence-electron chi connectivity index (χ0n) is 10.1. The van der Waals surface area contributed by atoms with Crippen molar-refractivity contribution >= 4 is 32.8 Å². The molecule has 1 saturated heterocycles. The van der Waals surface area contributed by atoms with Crippen molar-refractivity contribution in [3.8, 4) is 0 Å². The van der Waals surface area contributed by atoms with E-state index < -0.39 is 9.84 Å². The number of nitrogens with zero attached hydrogens (tertiary/aromatic N) is 1. The van der Waals surface area contributed by atoms with Crippen molar-refractivity contribution in [2.24, 2.45) is 0 Å². The highest BCUT2D eigenvalue weighted by Crippen LogP contribution is 2.30. The monoisotopic (exact) mass is 309 g/mol. The van der Waals surface area contributed by atoms with Gasteiger partial charge in [0, 0.05) is 30.8 Å². The third-order valence-electron chi connectivity index (χ3n) is 2.84. The summed E-state index contributed by atoms with van der Waals surface area (Å²) < 4.78 is 28.8. The van der Waals surface area contributed by atoms with Crippen molar-refractivity contribution in [2.45, 2.75) is 6.10 Å². The van der Waals surface area contributed by atoms with Crippen molar-refractivity contribution in [3.05, 3.63) is 21.3 Å². The third kappa shape index (κ3) is 4.20. The van der Waals surface area contributed by atoms with Crippen molar-refractivity contribution in [1.29, 1.82) is 0 Å². The second kappa shape index (κ2) is 5.88. The van der Waals surface area contributed by atoms with Gasteiger partial charge in [-0.3, -0.25) is 4.90 Å². The van der Waals surface area contributed by atoms with E-state index in [-0.39, 0.29) is 11.9 Å². The molecule has 0 bridgehead atoms. The average Bonchev–Trinajstić information content (AvgIpc) is 2.73. The highest BCUT2D eigenvalue weighted by molar-refractivity contribution is 7.90. The molecule has 1 aromatic heterocycles. The molecule has 0 spiro atoms. The first-order valence-electron chi connectivity index (χ1n) is 5.71. The minimum Gasteiger partial charge on any atom is -0.370 e. The van der Waals surface area contributed by atoms with Crippen LogP contribution < -0.4 is 0 Å². The molecule has 0 amide bonds. The van der Waals surface area contributed by atoms with E-state index in [1.165, 1.54) is 17.6 Å². The molecule has 0 radical (unpaired) electrons. The number of halogens is 1. The normalized spacial score (nSPS) is 22.2. The smallest absolute Gasteiger partial charge is 0.148 e. The van der Waals surface area contributed by atoms with Crippen LogP contribution in [0.15, 0.2) is 12.1 Å².